The highest BCUT2D eigenvalue weighted by molar-refractivity contribution is 8.22. The maximum atomic E-state index is 11.4. The molecule has 0 aliphatic carbocycles. The Kier molecular flexibility index (Phi) is 13.4. The molecule has 0 N–H and O–H groups in total. The number of hydrogen-bond acceptors (Lipinski definition) is 10. The fourth-order valence-electron chi connectivity index (χ4n) is 3.80. The molecule has 2 fully saturated rings. The first-order valence-electron chi connectivity index (χ1n) is 11.9. The third-order valence-corrected chi connectivity index (χ3v) is 15.4. The molecule has 6 unspecified atom stereocenters. The predicted octanol–water partition coefficient (Wildman–Crippen LogP) is 7.08. The van der Waals surface area contributed by atoms with Crippen LogP contribution in [-0.4, -0.2) is 67.8 Å². The van der Waals surface area contributed by atoms with Crippen molar-refractivity contribution >= 4 is 82.5 Å². The van der Waals surface area contributed by atoms with Crippen molar-refractivity contribution in [1.82, 2.24) is 0 Å². The lowest BCUT2D eigenvalue weighted by atomic mass is 10.1. The first-order valence-corrected chi connectivity index (χ1v) is 18.0. The summed E-state index contributed by atoms with van der Waals surface area (Å²) in [6.07, 6.45) is 2.46. The third-order valence-electron chi connectivity index (χ3n) is 5.48. The van der Waals surface area contributed by atoms with Crippen LogP contribution in [0.2, 0.25) is 0 Å². The predicted molar refractivity (Wildman–Crippen MR) is 166 cm³/mol. The summed E-state index contributed by atoms with van der Waals surface area (Å²) in [5, 5.41) is 1.44. The van der Waals surface area contributed by atoms with E-state index in [0.717, 1.165) is 23.0 Å². The lowest BCUT2D eigenvalue weighted by Crippen LogP contribution is -2.15. The van der Waals surface area contributed by atoms with E-state index < -0.39 is 0 Å². The number of esters is 2. The molecule has 1 aromatic carbocycles. The maximum Gasteiger partial charge on any atom is 0.330 e. The Labute approximate surface area is 241 Å². The lowest BCUT2D eigenvalue weighted by Gasteiger charge is -2.25. The second-order valence-electron chi connectivity index (χ2n) is 8.01. The fraction of sp³-hybridized carbons (Fsp3) is 0.538. The summed E-state index contributed by atoms with van der Waals surface area (Å²) < 4.78 is 11.5. The summed E-state index contributed by atoms with van der Waals surface area (Å²) in [5.74, 6) is 3.41. The first-order chi connectivity index (χ1) is 17.5. The molecule has 3 rings (SSSR count). The van der Waals surface area contributed by atoms with Crippen LogP contribution in [0.3, 0.4) is 0 Å². The Hall–Kier alpha value is -0.260. The van der Waals surface area contributed by atoms with Gasteiger partial charge in [0.25, 0.3) is 0 Å². The minimum absolute atomic E-state index is 0.323. The van der Waals surface area contributed by atoms with Crippen molar-refractivity contribution in [3.8, 4) is 0 Å². The van der Waals surface area contributed by atoms with E-state index in [1.54, 1.807) is 0 Å². The fourth-order valence-corrected chi connectivity index (χ4v) is 13.8. The van der Waals surface area contributed by atoms with Crippen LogP contribution < -0.4 is 0 Å². The van der Waals surface area contributed by atoms with Crippen molar-refractivity contribution < 1.29 is 19.1 Å². The first kappa shape index (κ1) is 30.3. The highest BCUT2D eigenvalue weighted by atomic mass is 32.2. The molecular weight excluding hydrogens is 569 g/mol. The van der Waals surface area contributed by atoms with Crippen molar-refractivity contribution in [3.05, 3.63) is 60.7 Å². The summed E-state index contributed by atoms with van der Waals surface area (Å²) in [5.41, 5.74) is 2.72. The molecule has 2 aliphatic rings. The van der Waals surface area contributed by atoms with Crippen molar-refractivity contribution in [2.24, 2.45) is 0 Å². The van der Waals surface area contributed by atoms with E-state index in [2.05, 4.69) is 51.3 Å². The van der Waals surface area contributed by atoms with Gasteiger partial charge in [-0.25, -0.2) is 9.59 Å². The minimum atomic E-state index is -0.346. The van der Waals surface area contributed by atoms with Crippen LogP contribution in [0.15, 0.2) is 49.6 Å². The molecule has 0 radical (unpaired) electrons. The molecule has 0 aromatic heterocycles. The zero-order chi connectivity index (χ0) is 25.9. The van der Waals surface area contributed by atoms with Crippen LogP contribution in [0.4, 0.5) is 0 Å². The number of ether oxygens (including phenoxy) is 2. The van der Waals surface area contributed by atoms with Crippen LogP contribution >= 0.6 is 70.6 Å². The van der Waals surface area contributed by atoms with E-state index in [4.69, 9.17) is 9.47 Å². The van der Waals surface area contributed by atoms with E-state index in [1.165, 1.54) is 23.3 Å². The molecule has 36 heavy (non-hydrogen) atoms. The molecule has 2 heterocycles. The number of carbonyl (C=O) groups excluding carboxylic acids is 2. The Morgan fingerprint density at radius 1 is 0.861 bits per heavy atom. The second kappa shape index (κ2) is 16.0. The van der Waals surface area contributed by atoms with Gasteiger partial charge in [-0.15, -0.1) is 47.0 Å². The van der Waals surface area contributed by atoms with Crippen molar-refractivity contribution in [2.75, 3.05) is 36.2 Å². The number of benzene rings is 1. The quantitative estimate of drug-likeness (QED) is 0.163. The van der Waals surface area contributed by atoms with E-state index in [0.29, 0.717) is 43.4 Å². The van der Waals surface area contributed by atoms with Crippen molar-refractivity contribution in [3.63, 3.8) is 0 Å². The Balaban J connectivity index is 1.63. The molecular formula is C26H34O4S6. The van der Waals surface area contributed by atoms with Gasteiger partial charge in [-0.05, 0) is 22.6 Å². The molecule has 2 saturated heterocycles. The van der Waals surface area contributed by atoms with Gasteiger partial charge in [0.1, 0.15) is 13.2 Å². The van der Waals surface area contributed by atoms with Gasteiger partial charge in [-0.3, -0.25) is 0 Å². The molecule has 0 bridgehead atoms. The molecule has 2 aliphatic heterocycles. The van der Waals surface area contributed by atoms with E-state index >= 15 is 0 Å². The van der Waals surface area contributed by atoms with Gasteiger partial charge in [0.2, 0.25) is 0 Å². The second-order valence-corrected chi connectivity index (χ2v) is 16.7. The van der Waals surface area contributed by atoms with Gasteiger partial charge in [-0.2, -0.15) is 23.5 Å². The zero-order valence-electron chi connectivity index (χ0n) is 20.7. The molecule has 6 atom stereocenters. The molecule has 1 aromatic rings. The summed E-state index contributed by atoms with van der Waals surface area (Å²) in [4.78, 5) is 22.9. The summed E-state index contributed by atoms with van der Waals surface area (Å²) in [7, 11) is 0. The zero-order valence-corrected chi connectivity index (χ0v) is 25.6. The van der Waals surface area contributed by atoms with Crippen molar-refractivity contribution in [2.45, 2.75) is 44.0 Å². The largest absolute Gasteiger partial charge is 0.461 e. The van der Waals surface area contributed by atoms with E-state index in [1.807, 2.05) is 70.6 Å². The topological polar surface area (TPSA) is 52.6 Å². The molecule has 198 valence electrons. The summed E-state index contributed by atoms with van der Waals surface area (Å²) in [6.45, 7) is 12.3. The van der Waals surface area contributed by atoms with Gasteiger partial charge in [0.05, 0.1) is 19.7 Å². The average molecular weight is 603 g/mol. The Bertz CT molecular complexity index is 809. The van der Waals surface area contributed by atoms with E-state index in [-0.39, 0.29) is 11.9 Å². The number of hydrogen-bond donors (Lipinski definition) is 0. The third kappa shape index (κ3) is 8.90. The highest BCUT2D eigenvalue weighted by Crippen LogP contribution is 2.52. The Morgan fingerprint density at radius 2 is 1.25 bits per heavy atom. The van der Waals surface area contributed by atoms with Crippen LogP contribution in [0.1, 0.15) is 35.5 Å². The summed E-state index contributed by atoms with van der Waals surface area (Å²) >= 11 is 11.8. The normalized spacial score (nSPS) is 25.2. The van der Waals surface area contributed by atoms with Gasteiger partial charge in [0.15, 0.2) is 0 Å². The molecule has 0 amide bonds. The van der Waals surface area contributed by atoms with Crippen LogP contribution in [0.25, 0.3) is 0 Å². The van der Waals surface area contributed by atoms with Crippen LogP contribution in [0, 0.1) is 0 Å². The number of rotatable bonds is 14. The SMILES string of the molecule is C=CC(=O)OCC1CSC(C(SCC)c2ccc(C(SCC)C3SCC(COC(=O)C=C)S3)cc2)S1. The van der Waals surface area contributed by atoms with Gasteiger partial charge < -0.3 is 9.47 Å². The van der Waals surface area contributed by atoms with Gasteiger partial charge in [0, 0.05) is 34.2 Å². The van der Waals surface area contributed by atoms with Crippen molar-refractivity contribution in [1.29, 1.82) is 0 Å². The summed E-state index contributed by atoms with van der Waals surface area (Å²) in [6, 6.07) is 9.24. The molecule has 0 spiro atoms. The standard InChI is InChI=1S/C26H34O4S6/c1-5-21(27)29-13-19-15-33-25(35-19)23(31-7-3)17-9-11-18(12-10-17)24(32-8-4)26-34-16-20(36-26)14-30-22(28)6-2/h5-6,9-12,19-20,23-26H,1-2,7-8,13-16H2,3-4H3. The van der Waals surface area contributed by atoms with Crippen LogP contribution in [-0.2, 0) is 19.1 Å². The number of carbonyl (C=O) groups is 2. The molecule has 10 heteroatoms. The molecule has 0 saturated carbocycles. The molecule has 4 nitrogen and oxygen atoms in total. The van der Waals surface area contributed by atoms with Crippen LogP contribution in [0.5, 0.6) is 0 Å². The highest BCUT2D eigenvalue weighted by Gasteiger charge is 2.36. The Morgan fingerprint density at radius 3 is 1.58 bits per heavy atom. The van der Waals surface area contributed by atoms with Gasteiger partial charge in [-0.1, -0.05) is 51.3 Å². The smallest absolute Gasteiger partial charge is 0.330 e. The number of thioether (sulfide) groups is 6. The van der Waals surface area contributed by atoms with Gasteiger partial charge >= 0.3 is 11.9 Å². The lowest BCUT2D eigenvalue weighted by molar-refractivity contribution is -0.138. The maximum absolute atomic E-state index is 11.4. The monoisotopic (exact) mass is 602 g/mol. The van der Waals surface area contributed by atoms with E-state index in [9.17, 15) is 9.59 Å². The minimum Gasteiger partial charge on any atom is -0.461 e. The average Bonchev–Trinajstić information content (AvgIpc) is 3.57.